The van der Waals surface area contributed by atoms with E-state index in [1.807, 2.05) is 4.57 Å². The van der Waals surface area contributed by atoms with Crippen LogP contribution in [0.3, 0.4) is 0 Å². The second-order valence-electron chi connectivity index (χ2n) is 7.22. The molecule has 8 nitrogen and oxygen atoms in total. The lowest BCUT2D eigenvalue weighted by Crippen LogP contribution is -2.35. The highest BCUT2D eigenvalue weighted by Gasteiger charge is 2.25. The van der Waals surface area contributed by atoms with Crippen LogP contribution < -0.4 is 11.2 Å². The second kappa shape index (κ2) is 7.41. The molecule has 0 saturated carbocycles. The largest absolute Gasteiger partial charge is 0.334 e. The zero-order valence-electron chi connectivity index (χ0n) is 15.7. The molecule has 0 atom stereocenters. The van der Waals surface area contributed by atoms with Gasteiger partial charge in [-0.15, -0.1) is 11.3 Å². The normalized spacial score (nSPS) is 15.9. The molecule has 1 fully saturated rings. The summed E-state index contributed by atoms with van der Waals surface area (Å²) >= 11 is 1.78. The number of pyridine rings is 1. The molecular weight excluding hydrogens is 388 g/mol. The molecule has 9 heteroatoms. The van der Waals surface area contributed by atoms with Gasteiger partial charge >= 0.3 is 5.69 Å². The van der Waals surface area contributed by atoms with Gasteiger partial charge in [0.05, 0.1) is 18.2 Å². The van der Waals surface area contributed by atoms with Gasteiger partial charge < -0.3 is 4.57 Å². The van der Waals surface area contributed by atoms with Crippen molar-refractivity contribution >= 4 is 22.5 Å². The maximum atomic E-state index is 12.6. The van der Waals surface area contributed by atoms with Crippen LogP contribution in [0.5, 0.6) is 0 Å². The quantitative estimate of drug-likeness (QED) is 0.559. The molecule has 29 heavy (non-hydrogen) atoms. The number of thiophene rings is 1. The zero-order valence-corrected chi connectivity index (χ0v) is 16.5. The molecule has 0 unspecified atom stereocenters. The van der Waals surface area contributed by atoms with E-state index in [9.17, 15) is 9.59 Å². The third-order valence-corrected chi connectivity index (χ3v) is 6.29. The Morgan fingerprint density at radius 3 is 2.76 bits per heavy atom. The molecule has 4 aromatic rings. The van der Waals surface area contributed by atoms with E-state index in [1.165, 1.54) is 9.44 Å². The van der Waals surface area contributed by atoms with E-state index < -0.39 is 11.2 Å². The van der Waals surface area contributed by atoms with E-state index in [1.54, 1.807) is 42.2 Å². The van der Waals surface area contributed by atoms with Gasteiger partial charge in [-0.2, -0.15) is 0 Å². The summed E-state index contributed by atoms with van der Waals surface area (Å²) in [7, 11) is 0. The van der Waals surface area contributed by atoms with Crippen molar-refractivity contribution in [2.75, 3.05) is 13.1 Å². The molecule has 0 radical (unpaired) electrons. The Kier molecular flexibility index (Phi) is 4.61. The fourth-order valence-corrected chi connectivity index (χ4v) is 4.76. The SMILES string of the molecule is O=c1[nH]c(=O)n(-c2cccnc2)c2c1ncn2C1CCN(Cc2cccs2)CC1. The summed E-state index contributed by atoms with van der Waals surface area (Å²) in [6, 6.07) is 8.00. The number of nitrogens with zero attached hydrogens (tertiary/aromatic N) is 5. The van der Waals surface area contributed by atoms with Gasteiger partial charge in [0.25, 0.3) is 5.56 Å². The monoisotopic (exact) mass is 408 g/mol. The zero-order chi connectivity index (χ0) is 19.8. The van der Waals surface area contributed by atoms with Crippen molar-refractivity contribution in [1.29, 1.82) is 0 Å². The van der Waals surface area contributed by atoms with Crippen molar-refractivity contribution in [3.63, 3.8) is 0 Å². The van der Waals surface area contributed by atoms with Crippen molar-refractivity contribution < 1.29 is 0 Å². The third-order valence-electron chi connectivity index (χ3n) is 5.43. The first-order valence-corrected chi connectivity index (χ1v) is 10.5. The van der Waals surface area contributed by atoms with E-state index in [2.05, 4.69) is 37.4 Å². The summed E-state index contributed by atoms with van der Waals surface area (Å²) < 4.78 is 3.48. The van der Waals surface area contributed by atoms with Crippen molar-refractivity contribution in [1.82, 2.24) is 29.0 Å². The Labute approximate surface area is 170 Å². The van der Waals surface area contributed by atoms with Gasteiger partial charge in [0.1, 0.15) is 0 Å². The number of hydrogen-bond donors (Lipinski definition) is 1. The lowest BCUT2D eigenvalue weighted by atomic mass is 10.0. The Morgan fingerprint density at radius 2 is 2.03 bits per heavy atom. The van der Waals surface area contributed by atoms with E-state index >= 15 is 0 Å². The molecular formula is C20H20N6O2S. The van der Waals surface area contributed by atoms with Crippen molar-refractivity contribution in [2.24, 2.45) is 0 Å². The second-order valence-corrected chi connectivity index (χ2v) is 8.25. The standard InChI is InChI=1S/C20H20N6O2S/c27-18-17-19(26(20(28)23-18)15-3-1-7-21-11-15)25(13-22-17)14-5-8-24(9-6-14)12-16-4-2-10-29-16/h1-4,7,10-11,13-14H,5-6,8-9,12H2,(H,23,27,28). The maximum Gasteiger partial charge on any atom is 0.334 e. The molecule has 5 rings (SSSR count). The number of hydrogen-bond acceptors (Lipinski definition) is 6. The molecule has 148 valence electrons. The average Bonchev–Trinajstić information content (AvgIpc) is 3.40. The van der Waals surface area contributed by atoms with Crippen molar-refractivity contribution in [2.45, 2.75) is 25.4 Å². The smallest absolute Gasteiger partial charge is 0.313 e. The number of rotatable bonds is 4. The summed E-state index contributed by atoms with van der Waals surface area (Å²) in [6.07, 6.45) is 6.82. The van der Waals surface area contributed by atoms with E-state index in [0.29, 0.717) is 11.3 Å². The number of nitrogens with one attached hydrogen (secondary N) is 1. The van der Waals surface area contributed by atoms with Crippen molar-refractivity contribution in [3.05, 3.63) is 74.1 Å². The maximum absolute atomic E-state index is 12.6. The molecule has 0 aromatic carbocycles. The molecule has 0 bridgehead atoms. The molecule has 1 saturated heterocycles. The van der Waals surface area contributed by atoms with Gasteiger partial charge in [-0.25, -0.2) is 14.3 Å². The van der Waals surface area contributed by atoms with Gasteiger partial charge in [0.2, 0.25) is 0 Å². The Morgan fingerprint density at radius 1 is 1.17 bits per heavy atom. The van der Waals surface area contributed by atoms with Crippen LogP contribution in [0.2, 0.25) is 0 Å². The third kappa shape index (κ3) is 3.32. The number of imidazole rings is 1. The number of fused-ring (bicyclic) bond motifs is 1. The molecule has 5 heterocycles. The van der Waals surface area contributed by atoms with Crippen LogP contribution in [0.15, 0.2) is 58.0 Å². The first-order valence-electron chi connectivity index (χ1n) is 9.58. The fraction of sp³-hybridized carbons (Fsp3) is 0.300. The summed E-state index contributed by atoms with van der Waals surface area (Å²) in [5, 5.41) is 2.11. The summed E-state index contributed by atoms with van der Waals surface area (Å²) in [5.74, 6) is 0. The first kappa shape index (κ1) is 18.0. The molecule has 1 aliphatic rings. The lowest BCUT2D eigenvalue weighted by molar-refractivity contribution is 0.182. The molecule has 4 aromatic heterocycles. The van der Waals surface area contributed by atoms with Crippen LogP contribution in [-0.4, -0.2) is 42.1 Å². The van der Waals surface area contributed by atoms with Gasteiger partial charge in [-0.3, -0.25) is 19.7 Å². The highest BCUT2D eigenvalue weighted by molar-refractivity contribution is 7.09. The van der Waals surface area contributed by atoms with Gasteiger partial charge in [0.15, 0.2) is 11.2 Å². The topological polar surface area (TPSA) is 88.8 Å². The average molecular weight is 408 g/mol. The molecule has 0 amide bonds. The minimum atomic E-state index is -0.479. The minimum absolute atomic E-state index is 0.184. The lowest BCUT2D eigenvalue weighted by Gasteiger charge is -2.32. The van der Waals surface area contributed by atoms with Gasteiger partial charge in [-0.1, -0.05) is 6.07 Å². The van der Waals surface area contributed by atoms with Gasteiger partial charge in [0, 0.05) is 36.8 Å². The molecule has 0 spiro atoms. The summed E-state index contributed by atoms with van der Waals surface area (Å²) in [4.78, 5) is 39.6. The van der Waals surface area contributed by atoms with Gasteiger partial charge in [-0.05, 0) is 36.4 Å². The summed E-state index contributed by atoms with van der Waals surface area (Å²) in [6.45, 7) is 2.89. The van der Waals surface area contributed by atoms with Crippen LogP contribution in [-0.2, 0) is 6.54 Å². The molecule has 1 aliphatic heterocycles. The number of H-pyrrole nitrogens is 1. The number of piperidine rings is 1. The van der Waals surface area contributed by atoms with Crippen LogP contribution in [0, 0.1) is 0 Å². The van der Waals surface area contributed by atoms with Crippen LogP contribution in [0.25, 0.3) is 16.9 Å². The van der Waals surface area contributed by atoms with Crippen molar-refractivity contribution in [3.8, 4) is 5.69 Å². The predicted octanol–water partition coefficient (Wildman–Crippen LogP) is 2.17. The fourth-order valence-electron chi connectivity index (χ4n) is 4.02. The van der Waals surface area contributed by atoms with Crippen LogP contribution in [0.1, 0.15) is 23.8 Å². The van der Waals surface area contributed by atoms with E-state index in [4.69, 9.17) is 0 Å². The summed E-state index contributed by atoms with van der Waals surface area (Å²) in [5.41, 5.74) is 0.472. The van der Waals surface area contributed by atoms with Crippen LogP contribution >= 0.6 is 11.3 Å². The number of aromatic amines is 1. The van der Waals surface area contributed by atoms with E-state index in [-0.39, 0.29) is 11.6 Å². The highest BCUT2D eigenvalue weighted by atomic mass is 32.1. The van der Waals surface area contributed by atoms with Crippen LogP contribution in [0.4, 0.5) is 0 Å². The minimum Gasteiger partial charge on any atom is -0.313 e. The highest BCUT2D eigenvalue weighted by Crippen LogP contribution is 2.27. The Hall–Kier alpha value is -3.04. The number of likely N-dealkylation sites (tertiary alicyclic amines) is 1. The number of aromatic nitrogens is 5. The first-order chi connectivity index (χ1) is 14.2. The Bertz CT molecular complexity index is 1230. The van der Waals surface area contributed by atoms with E-state index in [0.717, 1.165) is 32.5 Å². The molecule has 0 aliphatic carbocycles. The molecule has 1 N–H and O–H groups in total. The Balaban J connectivity index is 1.50. The predicted molar refractivity (Wildman–Crippen MR) is 112 cm³/mol.